The second-order valence-corrected chi connectivity index (χ2v) is 12.0. The predicted molar refractivity (Wildman–Crippen MR) is 112 cm³/mol. The molecular formula is C24H32O4SV. The maximum atomic E-state index is 12.4. The van der Waals surface area contributed by atoms with Crippen LogP contribution in [0, 0.1) is 28.6 Å². The van der Waals surface area contributed by atoms with Crippen molar-refractivity contribution in [2.45, 2.75) is 89.4 Å². The number of thioether (sulfide) groups is 1. The molecule has 4 nitrogen and oxygen atoms in total. The molecular weight excluding hydrogens is 435 g/mol. The number of hydrogen-bond donors (Lipinski definition) is 0. The standard InChI is InChI=1S/C24H32O4S.V/c1-14(25)29-20-13-16(26)12-15-4-5-17-18-7-10-24(11-8-21(27)28-24)22(18,2)9-6-19(17)23(15,20)3;/h12,17-20H,4-11,13H2,1-3H3;/t17?,18?,19?,20?,22?,23?,24-;/m1./s1. The molecule has 3 saturated carbocycles. The fourth-order valence-corrected chi connectivity index (χ4v) is 9.46. The van der Waals surface area contributed by atoms with E-state index in [1.807, 2.05) is 6.08 Å². The Bertz CT molecular complexity index is 824. The summed E-state index contributed by atoms with van der Waals surface area (Å²) in [6.45, 7) is 6.36. The van der Waals surface area contributed by atoms with Crippen molar-refractivity contribution in [2.75, 3.05) is 0 Å². The molecule has 0 N–H and O–H groups in total. The third kappa shape index (κ3) is 2.98. The maximum absolute atomic E-state index is 12.4. The van der Waals surface area contributed by atoms with Crippen LogP contribution in [0.4, 0.5) is 0 Å². The van der Waals surface area contributed by atoms with Gasteiger partial charge in [-0.1, -0.05) is 31.2 Å². The molecule has 5 aliphatic rings. The van der Waals surface area contributed by atoms with Crippen molar-refractivity contribution in [1.82, 2.24) is 0 Å². The number of esters is 1. The zero-order valence-corrected chi connectivity index (χ0v) is 20.5. The summed E-state index contributed by atoms with van der Waals surface area (Å²) < 4.78 is 6.04. The number of hydrogen-bond acceptors (Lipinski definition) is 5. The van der Waals surface area contributed by atoms with Gasteiger partial charge in [-0.2, -0.15) is 0 Å². The summed E-state index contributed by atoms with van der Waals surface area (Å²) in [6, 6.07) is 0. The van der Waals surface area contributed by atoms with Crippen LogP contribution < -0.4 is 0 Å². The van der Waals surface area contributed by atoms with Gasteiger partial charge in [-0.3, -0.25) is 14.4 Å². The summed E-state index contributed by atoms with van der Waals surface area (Å²) in [6.07, 6.45) is 10.3. The normalized spacial score (nSPS) is 47.0. The molecule has 6 unspecified atom stereocenters. The Kier molecular flexibility index (Phi) is 5.68. The zero-order valence-electron chi connectivity index (χ0n) is 18.2. The van der Waals surface area contributed by atoms with E-state index >= 15 is 0 Å². The van der Waals surface area contributed by atoms with Gasteiger partial charge in [-0.25, -0.2) is 0 Å². The van der Waals surface area contributed by atoms with Crippen LogP contribution in [0.15, 0.2) is 11.6 Å². The van der Waals surface area contributed by atoms with E-state index < -0.39 is 0 Å². The van der Waals surface area contributed by atoms with Gasteiger partial charge in [0, 0.05) is 54.4 Å². The van der Waals surface area contributed by atoms with Crippen molar-refractivity contribution in [3.8, 4) is 0 Å². The first-order valence-electron chi connectivity index (χ1n) is 11.3. The summed E-state index contributed by atoms with van der Waals surface area (Å²) in [7, 11) is 0. The van der Waals surface area contributed by atoms with Crippen LogP contribution in [0.1, 0.15) is 78.6 Å². The summed E-state index contributed by atoms with van der Waals surface area (Å²) in [5.74, 6) is 1.85. The van der Waals surface area contributed by atoms with Crippen molar-refractivity contribution in [3.63, 3.8) is 0 Å². The van der Waals surface area contributed by atoms with Crippen molar-refractivity contribution in [3.05, 3.63) is 11.6 Å². The van der Waals surface area contributed by atoms with Gasteiger partial charge < -0.3 is 4.74 Å². The van der Waals surface area contributed by atoms with Crippen molar-refractivity contribution in [1.29, 1.82) is 0 Å². The molecule has 1 radical (unpaired) electrons. The molecule has 0 aromatic rings. The molecule has 1 heterocycles. The van der Waals surface area contributed by atoms with Crippen LogP contribution in [0.3, 0.4) is 0 Å². The van der Waals surface area contributed by atoms with Gasteiger partial charge >= 0.3 is 5.97 Å². The smallest absolute Gasteiger partial charge is 0.306 e. The largest absolute Gasteiger partial charge is 0.458 e. The first kappa shape index (κ1) is 22.7. The number of rotatable bonds is 1. The number of ether oxygens (including phenoxy) is 1. The van der Waals surface area contributed by atoms with Gasteiger partial charge in [-0.15, -0.1) is 0 Å². The third-order valence-corrected chi connectivity index (χ3v) is 10.9. The van der Waals surface area contributed by atoms with Crippen molar-refractivity contribution in [2.24, 2.45) is 28.6 Å². The van der Waals surface area contributed by atoms with Crippen LogP contribution in [-0.4, -0.2) is 27.7 Å². The summed E-state index contributed by atoms with van der Waals surface area (Å²) >= 11 is 1.39. The minimum atomic E-state index is -0.243. The van der Waals surface area contributed by atoms with E-state index in [1.165, 1.54) is 17.3 Å². The van der Waals surface area contributed by atoms with Gasteiger partial charge in [0.05, 0.1) is 0 Å². The summed E-state index contributed by atoms with van der Waals surface area (Å²) in [5.41, 5.74) is 1.05. The fraction of sp³-hybridized carbons (Fsp3) is 0.792. The third-order valence-electron chi connectivity index (χ3n) is 9.68. The van der Waals surface area contributed by atoms with Crippen LogP contribution >= 0.6 is 11.8 Å². The van der Waals surface area contributed by atoms with E-state index in [1.54, 1.807) is 6.92 Å². The number of carbonyl (C=O) groups excluding carboxylic acids is 3. The average Bonchev–Trinajstić information content (AvgIpc) is 3.17. The molecule has 0 aromatic carbocycles. The van der Waals surface area contributed by atoms with Crippen LogP contribution in [0.5, 0.6) is 0 Å². The summed E-state index contributed by atoms with van der Waals surface area (Å²) in [4.78, 5) is 36.4. The topological polar surface area (TPSA) is 60.4 Å². The van der Waals surface area contributed by atoms with Gasteiger partial charge in [0.25, 0.3) is 0 Å². The predicted octanol–water partition coefficient (Wildman–Crippen LogP) is 4.85. The number of fused-ring (bicyclic) bond motifs is 6. The molecule has 0 bridgehead atoms. The Labute approximate surface area is 195 Å². The molecule has 163 valence electrons. The average molecular weight is 468 g/mol. The van der Waals surface area contributed by atoms with Crippen molar-refractivity contribution >= 4 is 28.6 Å². The Hall–Kier alpha value is -0.516. The van der Waals surface area contributed by atoms with Gasteiger partial charge in [0.2, 0.25) is 0 Å². The molecule has 1 spiro atoms. The van der Waals surface area contributed by atoms with E-state index in [9.17, 15) is 14.4 Å². The van der Waals surface area contributed by atoms with Gasteiger partial charge in [-0.05, 0) is 68.8 Å². The fourth-order valence-electron chi connectivity index (χ4n) is 8.24. The Morgan fingerprint density at radius 3 is 2.47 bits per heavy atom. The van der Waals surface area contributed by atoms with E-state index in [0.29, 0.717) is 30.6 Å². The molecule has 4 aliphatic carbocycles. The molecule has 0 aromatic heterocycles. The van der Waals surface area contributed by atoms with Gasteiger partial charge in [0.15, 0.2) is 10.9 Å². The molecule has 0 amide bonds. The molecule has 1 aliphatic heterocycles. The quantitative estimate of drug-likeness (QED) is 0.516. The number of carbonyl (C=O) groups is 3. The minimum absolute atomic E-state index is 0. The van der Waals surface area contributed by atoms with Crippen molar-refractivity contribution < 1.29 is 37.7 Å². The van der Waals surface area contributed by atoms with E-state index in [-0.39, 0.29) is 57.1 Å². The minimum Gasteiger partial charge on any atom is -0.458 e. The Balaban J connectivity index is 0.00000218. The van der Waals surface area contributed by atoms with E-state index in [4.69, 9.17) is 4.74 Å². The second kappa shape index (κ2) is 7.52. The molecule has 30 heavy (non-hydrogen) atoms. The molecule has 7 atom stereocenters. The first-order valence-corrected chi connectivity index (χ1v) is 12.2. The summed E-state index contributed by atoms with van der Waals surface area (Å²) in [5, 5.41) is 0.176. The first-order chi connectivity index (χ1) is 13.7. The zero-order chi connectivity index (χ0) is 20.6. The van der Waals surface area contributed by atoms with E-state index in [0.717, 1.165) is 44.9 Å². The van der Waals surface area contributed by atoms with E-state index in [2.05, 4.69) is 13.8 Å². The molecule has 5 rings (SSSR count). The molecule has 4 fully saturated rings. The number of ketones is 1. The SMILES string of the molecule is CC(=O)SC1CC(=O)C=C2CCC3C(CCC4(C)C3CC[C@@]43CCC(=O)O3)C21C.[V]. The Morgan fingerprint density at radius 2 is 1.80 bits per heavy atom. The monoisotopic (exact) mass is 467 g/mol. The van der Waals surface area contributed by atoms with Crippen LogP contribution in [0.2, 0.25) is 0 Å². The second-order valence-electron chi connectivity index (χ2n) is 10.6. The van der Waals surface area contributed by atoms with Crippen LogP contribution in [0.25, 0.3) is 0 Å². The Morgan fingerprint density at radius 1 is 1.07 bits per heavy atom. The maximum Gasteiger partial charge on any atom is 0.306 e. The van der Waals surface area contributed by atoms with Crippen LogP contribution in [-0.2, 0) is 37.7 Å². The molecule has 6 heteroatoms. The van der Waals surface area contributed by atoms with Gasteiger partial charge in [0.1, 0.15) is 5.60 Å². The number of allylic oxidation sites excluding steroid dienone is 1. The molecule has 1 saturated heterocycles.